The molecule has 1 aliphatic heterocycles. The molecular formula is C8H15NO4. The Balaban J connectivity index is 2.68. The zero-order valence-corrected chi connectivity index (χ0v) is 8.06. The van der Waals surface area contributed by atoms with Crippen LogP contribution in [-0.4, -0.2) is 43.5 Å². The normalized spacial score (nSPS) is 37.8. The van der Waals surface area contributed by atoms with Crippen LogP contribution >= 0.6 is 0 Å². The monoisotopic (exact) mass is 189 g/mol. The number of rotatable bonds is 2. The molecule has 0 saturated carbocycles. The van der Waals surface area contributed by atoms with Crippen molar-refractivity contribution in [3.8, 4) is 0 Å². The minimum Gasteiger partial charge on any atom is -0.399 e. The van der Waals surface area contributed by atoms with Crippen molar-refractivity contribution in [2.24, 2.45) is 5.16 Å². The maximum absolute atomic E-state index is 9.62. The zero-order valence-electron chi connectivity index (χ0n) is 8.06. The Morgan fingerprint density at radius 3 is 2.77 bits per heavy atom. The summed E-state index contributed by atoms with van der Waals surface area (Å²) in [6.45, 7) is 1.89. The van der Waals surface area contributed by atoms with Crippen molar-refractivity contribution in [3.05, 3.63) is 0 Å². The summed E-state index contributed by atoms with van der Waals surface area (Å²) in [6, 6.07) is 0. The van der Waals surface area contributed by atoms with Crippen LogP contribution in [0.2, 0.25) is 0 Å². The van der Waals surface area contributed by atoms with E-state index < -0.39 is 12.4 Å². The number of hydrogen-bond donors (Lipinski definition) is 1. The van der Waals surface area contributed by atoms with Gasteiger partial charge >= 0.3 is 0 Å². The summed E-state index contributed by atoms with van der Waals surface area (Å²) in [4.78, 5) is 4.61. The summed E-state index contributed by atoms with van der Waals surface area (Å²) in [5.41, 5.74) is 0.563. The van der Waals surface area contributed by atoms with Gasteiger partial charge in [0.15, 0.2) is 6.29 Å². The molecule has 1 fully saturated rings. The highest BCUT2D eigenvalue weighted by molar-refractivity contribution is 5.89. The molecule has 1 rings (SSSR count). The van der Waals surface area contributed by atoms with E-state index >= 15 is 0 Å². The van der Waals surface area contributed by atoms with Crippen LogP contribution in [0, 0.1) is 0 Å². The predicted molar refractivity (Wildman–Crippen MR) is 46.4 cm³/mol. The van der Waals surface area contributed by atoms with Crippen molar-refractivity contribution in [1.29, 1.82) is 0 Å². The fourth-order valence-corrected chi connectivity index (χ4v) is 1.32. The first-order valence-corrected chi connectivity index (χ1v) is 4.15. The Hall–Kier alpha value is -0.650. The van der Waals surface area contributed by atoms with E-state index in [2.05, 4.69) is 9.99 Å². The number of oxime groups is 1. The average Bonchev–Trinajstić information content (AvgIpc) is 2.11. The van der Waals surface area contributed by atoms with E-state index in [9.17, 15) is 5.11 Å². The standard InChI is InChI=1S/C8H15NO4/c1-5-4-6(9-12-3)7(10)8(11-2)13-5/h5,7-8,10H,4H2,1-3H3/b9-6+/t5-,7-,8-/m1/s1. The fraction of sp³-hybridized carbons (Fsp3) is 0.875. The first-order chi connectivity index (χ1) is 6.19. The zero-order chi connectivity index (χ0) is 9.84. The van der Waals surface area contributed by atoms with Gasteiger partial charge < -0.3 is 19.4 Å². The van der Waals surface area contributed by atoms with Gasteiger partial charge in [-0.25, -0.2) is 0 Å². The van der Waals surface area contributed by atoms with Crippen molar-refractivity contribution in [2.75, 3.05) is 14.2 Å². The maximum atomic E-state index is 9.62. The molecule has 1 heterocycles. The van der Waals surface area contributed by atoms with Crippen molar-refractivity contribution >= 4 is 5.71 Å². The maximum Gasteiger partial charge on any atom is 0.188 e. The molecule has 0 aromatic heterocycles. The quantitative estimate of drug-likeness (QED) is 0.627. The molecule has 76 valence electrons. The molecule has 0 spiro atoms. The van der Waals surface area contributed by atoms with Crippen LogP contribution in [0.1, 0.15) is 13.3 Å². The minimum absolute atomic E-state index is 0.0118. The Morgan fingerprint density at radius 1 is 1.54 bits per heavy atom. The third-order valence-electron chi connectivity index (χ3n) is 1.90. The summed E-state index contributed by atoms with van der Waals surface area (Å²) < 4.78 is 10.3. The lowest BCUT2D eigenvalue weighted by molar-refractivity contribution is -0.194. The summed E-state index contributed by atoms with van der Waals surface area (Å²) >= 11 is 0. The first kappa shape index (κ1) is 10.4. The predicted octanol–water partition coefficient (Wildman–Crippen LogP) is 0.131. The minimum atomic E-state index is -0.832. The molecule has 1 N–H and O–H groups in total. The van der Waals surface area contributed by atoms with Crippen LogP contribution in [0.4, 0.5) is 0 Å². The molecule has 5 heteroatoms. The molecule has 1 aliphatic rings. The third kappa shape index (κ3) is 2.40. The van der Waals surface area contributed by atoms with Gasteiger partial charge in [0, 0.05) is 13.5 Å². The van der Waals surface area contributed by atoms with Crippen molar-refractivity contribution in [1.82, 2.24) is 0 Å². The number of aliphatic hydroxyl groups excluding tert-OH is 1. The second-order valence-corrected chi connectivity index (χ2v) is 2.96. The molecule has 0 amide bonds. The summed E-state index contributed by atoms with van der Waals surface area (Å²) in [5, 5.41) is 13.3. The Bertz CT molecular complexity index is 195. The van der Waals surface area contributed by atoms with Crippen LogP contribution in [0.5, 0.6) is 0 Å². The highest BCUT2D eigenvalue weighted by Gasteiger charge is 2.33. The summed E-state index contributed by atoms with van der Waals surface area (Å²) in [5.74, 6) is 0. The lowest BCUT2D eigenvalue weighted by Crippen LogP contribution is -2.45. The second-order valence-electron chi connectivity index (χ2n) is 2.96. The van der Waals surface area contributed by atoms with E-state index in [-0.39, 0.29) is 6.10 Å². The van der Waals surface area contributed by atoms with Gasteiger partial charge in [0.25, 0.3) is 0 Å². The van der Waals surface area contributed by atoms with Gasteiger partial charge in [-0.3, -0.25) is 0 Å². The fourth-order valence-electron chi connectivity index (χ4n) is 1.32. The van der Waals surface area contributed by atoms with Gasteiger partial charge in [-0.2, -0.15) is 0 Å². The topological polar surface area (TPSA) is 60.3 Å². The van der Waals surface area contributed by atoms with Gasteiger partial charge in [0.05, 0.1) is 11.8 Å². The van der Waals surface area contributed by atoms with Gasteiger partial charge in [-0.15, -0.1) is 0 Å². The van der Waals surface area contributed by atoms with Crippen molar-refractivity contribution < 1.29 is 19.4 Å². The molecule has 0 aliphatic carbocycles. The van der Waals surface area contributed by atoms with Gasteiger partial charge in [-0.05, 0) is 6.92 Å². The number of methoxy groups -OCH3 is 1. The van der Waals surface area contributed by atoms with E-state index in [0.29, 0.717) is 12.1 Å². The van der Waals surface area contributed by atoms with Crippen LogP contribution in [0.15, 0.2) is 5.16 Å². The van der Waals surface area contributed by atoms with Crippen molar-refractivity contribution in [2.45, 2.75) is 31.8 Å². The number of nitrogens with zero attached hydrogens (tertiary/aromatic N) is 1. The molecule has 3 atom stereocenters. The van der Waals surface area contributed by atoms with E-state index in [4.69, 9.17) is 9.47 Å². The van der Waals surface area contributed by atoms with E-state index in [0.717, 1.165) is 0 Å². The Labute approximate surface area is 77.3 Å². The van der Waals surface area contributed by atoms with E-state index in [1.807, 2.05) is 6.92 Å². The SMILES string of the molecule is CO/N=C1\C[C@@H](C)O[C@@H](OC)[C@@H]1O. The molecule has 0 radical (unpaired) electrons. The van der Waals surface area contributed by atoms with Crippen LogP contribution in [0.25, 0.3) is 0 Å². The smallest absolute Gasteiger partial charge is 0.188 e. The second kappa shape index (κ2) is 4.55. The van der Waals surface area contributed by atoms with E-state index in [1.165, 1.54) is 14.2 Å². The van der Waals surface area contributed by atoms with E-state index in [1.54, 1.807) is 0 Å². The Morgan fingerprint density at radius 2 is 2.23 bits per heavy atom. The van der Waals surface area contributed by atoms with Crippen molar-refractivity contribution in [3.63, 3.8) is 0 Å². The number of hydrogen-bond acceptors (Lipinski definition) is 5. The van der Waals surface area contributed by atoms with Crippen LogP contribution < -0.4 is 0 Å². The number of aliphatic hydroxyl groups is 1. The molecule has 0 unspecified atom stereocenters. The third-order valence-corrected chi connectivity index (χ3v) is 1.90. The van der Waals surface area contributed by atoms with Crippen LogP contribution in [0.3, 0.4) is 0 Å². The van der Waals surface area contributed by atoms with Crippen LogP contribution in [-0.2, 0) is 14.3 Å². The average molecular weight is 189 g/mol. The first-order valence-electron chi connectivity index (χ1n) is 4.15. The molecule has 5 nitrogen and oxygen atoms in total. The molecule has 0 bridgehead atoms. The highest BCUT2D eigenvalue weighted by atomic mass is 16.7. The summed E-state index contributed by atoms with van der Waals surface area (Å²) in [7, 11) is 2.93. The highest BCUT2D eigenvalue weighted by Crippen LogP contribution is 2.18. The molecule has 13 heavy (non-hydrogen) atoms. The van der Waals surface area contributed by atoms with Gasteiger partial charge in [0.1, 0.15) is 13.2 Å². The molecular weight excluding hydrogens is 174 g/mol. The molecule has 0 aromatic carbocycles. The Kier molecular flexibility index (Phi) is 3.65. The molecule has 1 saturated heterocycles. The van der Waals surface area contributed by atoms with Gasteiger partial charge in [-0.1, -0.05) is 5.16 Å². The summed E-state index contributed by atoms with van der Waals surface area (Å²) in [6.07, 6.45) is -0.921. The number of ether oxygens (including phenoxy) is 2. The van der Waals surface area contributed by atoms with Gasteiger partial charge in [0.2, 0.25) is 0 Å². The largest absolute Gasteiger partial charge is 0.399 e. The molecule has 0 aromatic rings. The lowest BCUT2D eigenvalue weighted by Gasteiger charge is -2.31. The lowest BCUT2D eigenvalue weighted by atomic mass is 10.0.